The van der Waals surface area contributed by atoms with Gasteiger partial charge in [0.15, 0.2) is 0 Å². The van der Waals surface area contributed by atoms with Crippen LogP contribution in [0.3, 0.4) is 0 Å². The molecule has 10 nitrogen and oxygen atoms in total. The third-order valence-corrected chi connectivity index (χ3v) is 3.10. The van der Waals surface area contributed by atoms with Gasteiger partial charge in [-0.1, -0.05) is 23.6 Å². The molecule has 0 N–H and O–H groups in total. The molecule has 0 spiro atoms. The number of ketones is 1. The molecular weight excluding hydrogens is 441 g/mol. The number of aliphatic imine (C=N–C) groups is 1. The maximum absolute atomic E-state index is 11.8. The van der Waals surface area contributed by atoms with Gasteiger partial charge in [0, 0.05) is 35.1 Å². The Morgan fingerprint density at radius 3 is 1.87 bits per heavy atom. The summed E-state index contributed by atoms with van der Waals surface area (Å²) in [5.74, 6) is -4.47. The van der Waals surface area contributed by atoms with Crippen molar-refractivity contribution in [2.45, 2.75) is 12.8 Å². The van der Waals surface area contributed by atoms with Crippen molar-refractivity contribution in [2.75, 3.05) is 0 Å². The fourth-order valence-corrected chi connectivity index (χ4v) is 1.93. The van der Waals surface area contributed by atoms with E-state index in [0.29, 0.717) is 5.92 Å². The molecule has 1 aliphatic carbocycles. The molecule has 0 saturated heterocycles. The summed E-state index contributed by atoms with van der Waals surface area (Å²) in [6.07, 6.45) is 6.13. The van der Waals surface area contributed by atoms with E-state index in [0.717, 1.165) is 12.1 Å². The van der Waals surface area contributed by atoms with Gasteiger partial charge in [-0.3, -0.25) is 9.79 Å². The van der Waals surface area contributed by atoms with Crippen LogP contribution in [0.5, 0.6) is 11.5 Å². The van der Waals surface area contributed by atoms with Crippen molar-refractivity contribution in [3.63, 3.8) is 0 Å². The second-order valence-corrected chi connectivity index (χ2v) is 4.68. The number of aromatic carboxylic acids is 1. The average Bonchev–Trinajstić information content (AvgIpc) is 3.28. The van der Waals surface area contributed by atoms with E-state index in [-0.39, 0.29) is 35.7 Å². The second kappa shape index (κ2) is 18.2. The fourth-order valence-electron chi connectivity index (χ4n) is 1.93. The van der Waals surface area contributed by atoms with E-state index >= 15 is 0 Å². The van der Waals surface area contributed by atoms with Gasteiger partial charge in [-0.05, 0) is 43.6 Å². The molecule has 0 atom stereocenters. The van der Waals surface area contributed by atoms with E-state index in [1.54, 1.807) is 25.7 Å². The zero-order valence-corrected chi connectivity index (χ0v) is 16.1. The van der Waals surface area contributed by atoms with Crippen LogP contribution in [0.15, 0.2) is 17.1 Å². The van der Waals surface area contributed by atoms with Crippen molar-refractivity contribution in [3.8, 4) is 11.5 Å². The van der Waals surface area contributed by atoms with Crippen LogP contribution in [0.1, 0.15) is 23.2 Å². The number of hydrogen-bond acceptors (Lipinski definition) is 7. The van der Waals surface area contributed by atoms with Crippen LogP contribution < -0.4 is 20.4 Å². The number of hydrogen-bond donors (Lipinski definition) is 0. The molecule has 1 aliphatic rings. The Bertz CT molecular complexity index is 764. The molecule has 0 unspecified atom stereocenters. The summed E-state index contributed by atoms with van der Waals surface area (Å²) < 4.78 is 22.5. The Hall–Kier alpha value is -2.83. The van der Waals surface area contributed by atoms with Crippen molar-refractivity contribution in [1.82, 2.24) is 0 Å². The van der Waals surface area contributed by atoms with Gasteiger partial charge in [-0.2, -0.15) is 0 Å². The molecule has 0 heterocycles. The first kappa shape index (κ1) is 31.9. The van der Waals surface area contributed by atoms with Gasteiger partial charge in [0.05, 0.1) is 5.97 Å². The van der Waals surface area contributed by atoms with Gasteiger partial charge >= 0.3 is 33.9 Å². The Balaban J connectivity index is -0.000000955. The van der Waals surface area contributed by atoms with Crippen molar-refractivity contribution < 1.29 is 61.0 Å². The van der Waals surface area contributed by atoms with Gasteiger partial charge in [-0.25, -0.2) is 0 Å². The quantitative estimate of drug-likeness (QED) is 0.161. The summed E-state index contributed by atoms with van der Waals surface area (Å²) >= 11 is 0. The topological polar surface area (TPSA) is 198 Å². The minimum absolute atomic E-state index is 0. The van der Waals surface area contributed by atoms with Gasteiger partial charge in [0.2, 0.25) is 0 Å². The van der Waals surface area contributed by atoms with Gasteiger partial charge in [0.25, 0.3) is 0 Å². The average molecular weight is 451 g/mol. The summed E-state index contributed by atoms with van der Waals surface area (Å²) in [6.45, 7) is 13.5. The Morgan fingerprint density at radius 2 is 1.40 bits per heavy atom. The number of carboxylic acid groups (broad SMARTS) is 1. The van der Waals surface area contributed by atoms with E-state index < -0.39 is 34.6 Å². The molecule has 11 heteroatoms. The number of carbonyl (C=O) groups is 2. The van der Waals surface area contributed by atoms with Crippen LogP contribution >= 0.6 is 0 Å². The number of rotatable bonds is 6. The molecule has 30 heavy (non-hydrogen) atoms. The third kappa shape index (κ3) is 10.1. The van der Waals surface area contributed by atoms with Crippen LogP contribution in [0.25, 0.3) is 0 Å². The van der Waals surface area contributed by atoms with E-state index in [1.165, 1.54) is 0 Å². The van der Waals surface area contributed by atoms with E-state index in [2.05, 4.69) is 24.9 Å². The summed E-state index contributed by atoms with van der Waals surface area (Å²) in [4.78, 5) is 25.8. The number of nitrogens with zero attached hydrogens (tertiary/aromatic N) is 1. The Morgan fingerprint density at radius 1 is 0.900 bits per heavy atom. The summed E-state index contributed by atoms with van der Waals surface area (Å²) in [6, 6.07) is 1.64. The van der Waals surface area contributed by atoms with Crippen LogP contribution in [0.4, 0.5) is 5.69 Å². The molecule has 1 aromatic carbocycles. The number of carbonyl (C=O) groups excluding carboxylic acids is 2. The molecule has 156 valence electrons. The summed E-state index contributed by atoms with van der Waals surface area (Å²) in [5.41, 5.74) is -1.53. The number of carboxylic acids is 1. The molecule has 1 aromatic rings. The van der Waals surface area contributed by atoms with Crippen LogP contribution in [0.2, 0.25) is 0 Å². The van der Waals surface area contributed by atoms with Crippen molar-refractivity contribution in [3.05, 3.63) is 69.2 Å². The van der Waals surface area contributed by atoms with Crippen LogP contribution in [0, 0.1) is 51.6 Å². The zero-order valence-electron chi connectivity index (χ0n) is 14.9. The largest absolute Gasteiger partial charge is 0 e. The first-order valence-electron chi connectivity index (χ1n) is 7.23. The molecule has 1 saturated carbocycles. The predicted octanol–water partition coefficient (Wildman–Crippen LogP) is -1.77. The Labute approximate surface area is 183 Å². The number of Topliss-reactive ketones (excluding diaryl/α,β-unsaturated/α-hetero) is 1. The molecule has 1 fully saturated rings. The monoisotopic (exact) mass is 451 g/mol. The molecule has 0 aliphatic heterocycles. The minimum atomic E-state index is -1.76. The predicted molar refractivity (Wildman–Crippen MR) is 83.2 cm³/mol. The number of benzene rings is 1. The normalized spacial score (nSPS) is 12.3. The molecule has 0 amide bonds. The standard InChI is InChI=1S/C16H14NO6.3CO.Mn/c18-11(9-3-1-2-4-9)7-8-13(20)17-14-12(19)6-5-10(15(14)21)16(22)23;3*1-2;/h1-6,19,21H,7-8H2,(H,17,20)(H,22,23);;;;/p-4. The smallest absolute Gasteiger partial charge is 0 e. The minimum Gasteiger partial charge on any atom is 0 e. The molecule has 6 radical (unpaired) electrons. The fraction of sp³-hybridized carbons (Fsp3) is 0.105. The van der Waals surface area contributed by atoms with Crippen molar-refractivity contribution in [1.29, 1.82) is 0 Å². The first-order chi connectivity index (χ1) is 13.9. The molecule has 0 aromatic heterocycles. The third-order valence-electron chi connectivity index (χ3n) is 3.10. The molecule has 2 rings (SSSR count). The van der Waals surface area contributed by atoms with E-state index in [4.69, 9.17) is 14.0 Å². The summed E-state index contributed by atoms with van der Waals surface area (Å²) in [7, 11) is 0. The van der Waals surface area contributed by atoms with E-state index in [1.807, 2.05) is 0 Å². The van der Waals surface area contributed by atoms with Crippen molar-refractivity contribution >= 4 is 23.3 Å². The zero-order chi connectivity index (χ0) is 23.0. The SMILES string of the molecule is O=C(CCC([O-])=Nc1c([O-])ccc(C(=O)[O-])c1[O-])[C]1[CH][CH][CH][CH]1.[C-]#[O+].[C-]#[O+].[C-]#[O+].[Mn]. The maximum atomic E-state index is 11.8. The van der Waals surface area contributed by atoms with Crippen molar-refractivity contribution in [2.24, 2.45) is 4.99 Å². The second-order valence-electron chi connectivity index (χ2n) is 4.68. The Kier molecular flexibility index (Phi) is 19.3. The first-order valence-corrected chi connectivity index (χ1v) is 7.23. The molecular formula is C19H10MnNO9-4. The molecule has 0 bridgehead atoms. The maximum Gasteiger partial charge on any atom is 0 e. The summed E-state index contributed by atoms with van der Waals surface area (Å²) in [5, 5.41) is 45.8. The van der Waals surface area contributed by atoms with Gasteiger partial charge in [0.1, 0.15) is 5.78 Å². The van der Waals surface area contributed by atoms with Gasteiger partial charge in [-0.15, -0.1) is 0 Å². The van der Waals surface area contributed by atoms with E-state index in [9.17, 15) is 30.0 Å². The van der Waals surface area contributed by atoms with Crippen LogP contribution in [-0.2, 0) is 35.8 Å². The van der Waals surface area contributed by atoms with Crippen LogP contribution in [-0.4, -0.2) is 17.7 Å². The van der Waals surface area contributed by atoms with Gasteiger partial charge < -0.3 is 25.2 Å².